The molecule has 8 nitrogen and oxygen atoms in total. The summed E-state index contributed by atoms with van der Waals surface area (Å²) in [6, 6.07) is 16.7. The minimum atomic E-state index is -3.75. The fraction of sp³-hybridized carbons (Fsp3) is 0.333. The molecule has 0 saturated carbocycles. The van der Waals surface area contributed by atoms with Gasteiger partial charge in [-0.2, -0.15) is 8.42 Å². The number of thioether (sulfide) groups is 1. The summed E-state index contributed by atoms with van der Waals surface area (Å²) in [5.74, 6) is -1.00. The van der Waals surface area contributed by atoms with Crippen LogP contribution < -0.4 is 5.73 Å². The van der Waals surface area contributed by atoms with Crippen LogP contribution in [0, 0.1) is 0 Å². The number of hydrogen-bond donors (Lipinski definition) is 1. The van der Waals surface area contributed by atoms with Gasteiger partial charge in [0.15, 0.2) is 6.10 Å². The fourth-order valence-corrected chi connectivity index (χ4v) is 6.09. The quantitative estimate of drug-likeness (QED) is 0.391. The third-order valence-electron chi connectivity index (χ3n) is 5.16. The summed E-state index contributed by atoms with van der Waals surface area (Å²) in [7, 11) is -3.75. The van der Waals surface area contributed by atoms with E-state index in [4.69, 9.17) is 14.7 Å². The number of esters is 1. The molecule has 0 radical (unpaired) electrons. The number of β-lactam (4-membered cyclic amide) rings is 1. The first-order chi connectivity index (χ1) is 14.7. The Morgan fingerprint density at radius 1 is 1.10 bits per heavy atom. The molecule has 2 unspecified atom stereocenters. The predicted molar refractivity (Wildman–Crippen MR) is 115 cm³/mol. The Kier molecular flexibility index (Phi) is 6.07. The molecule has 164 valence electrons. The van der Waals surface area contributed by atoms with Crippen LogP contribution in [0.3, 0.4) is 0 Å². The highest BCUT2D eigenvalue weighted by Gasteiger charge is 2.56. The molecular weight excluding hydrogens is 440 g/mol. The lowest BCUT2D eigenvalue weighted by Gasteiger charge is -2.52. The molecule has 0 aromatic heterocycles. The molecule has 2 aromatic carbocycles. The van der Waals surface area contributed by atoms with Crippen LogP contribution in [0.1, 0.15) is 23.7 Å². The largest absolute Gasteiger partial charge is 0.451 e. The van der Waals surface area contributed by atoms with E-state index in [-0.39, 0.29) is 12.3 Å². The van der Waals surface area contributed by atoms with Crippen molar-refractivity contribution in [2.45, 2.75) is 35.4 Å². The Bertz CT molecular complexity index is 1020. The number of nitrogens with zero attached hydrogens (tertiary/aromatic N) is 1. The minimum Gasteiger partial charge on any atom is -0.451 e. The Balaban J connectivity index is 1.60. The van der Waals surface area contributed by atoms with Crippen molar-refractivity contribution in [1.29, 1.82) is 0 Å². The van der Waals surface area contributed by atoms with E-state index in [9.17, 15) is 18.0 Å². The summed E-state index contributed by atoms with van der Waals surface area (Å²) in [6.45, 7) is 0. The standard InChI is InChI=1S/C21H22N2O6S2/c1-31(26,27)29-16-12-15(23-19(24)17(22)20(23)30-16)21(25)28-18(13-8-4-2-5-9-13)14-10-6-3-7-11-14/h2-11,15-18,20H,12,22H2,1H3/t15?,16?,17-,20-/m1/s1. The van der Waals surface area contributed by atoms with Crippen molar-refractivity contribution in [2.24, 2.45) is 5.73 Å². The highest BCUT2D eigenvalue weighted by atomic mass is 32.2. The first-order valence-corrected chi connectivity index (χ1v) is 12.4. The van der Waals surface area contributed by atoms with Crippen molar-refractivity contribution in [3.63, 3.8) is 0 Å². The van der Waals surface area contributed by atoms with Crippen LogP contribution in [-0.4, -0.2) is 54.3 Å². The number of benzene rings is 2. The van der Waals surface area contributed by atoms with E-state index in [0.29, 0.717) is 0 Å². The maximum atomic E-state index is 13.2. The van der Waals surface area contributed by atoms with Gasteiger partial charge in [0.2, 0.25) is 5.91 Å². The maximum Gasteiger partial charge on any atom is 0.329 e. The second-order valence-corrected chi connectivity index (χ2v) is 10.3. The molecule has 2 aliphatic rings. The molecule has 2 aliphatic heterocycles. The Morgan fingerprint density at radius 2 is 1.65 bits per heavy atom. The van der Waals surface area contributed by atoms with E-state index in [2.05, 4.69) is 0 Å². The molecule has 2 aromatic rings. The van der Waals surface area contributed by atoms with Crippen LogP contribution in [0.2, 0.25) is 0 Å². The minimum absolute atomic E-state index is 0.0121. The number of nitrogens with two attached hydrogens (primary N) is 1. The number of carbonyl (C=O) groups excluding carboxylic acids is 2. The van der Waals surface area contributed by atoms with E-state index in [1.807, 2.05) is 60.7 Å². The third-order valence-corrected chi connectivity index (χ3v) is 7.25. The summed E-state index contributed by atoms with van der Waals surface area (Å²) in [4.78, 5) is 27.0. The van der Waals surface area contributed by atoms with E-state index in [1.54, 1.807) is 0 Å². The number of fused-ring (bicyclic) bond motifs is 1. The molecule has 2 heterocycles. The van der Waals surface area contributed by atoms with Gasteiger partial charge in [0, 0.05) is 6.42 Å². The van der Waals surface area contributed by atoms with Crippen molar-refractivity contribution >= 4 is 33.8 Å². The van der Waals surface area contributed by atoms with E-state index < -0.39 is 45.1 Å². The van der Waals surface area contributed by atoms with Crippen LogP contribution >= 0.6 is 11.8 Å². The second-order valence-electron chi connectivity index (χ2n) is 7.42. The lowest BCUT2D eigenvalue weighted by atomic mass is 10.00. The van der Waals surface area contributed by atoms with Crippen molar-refractivity contribution in [1.82, 2.24) is 4.90 Å². The van der Waals surface area contributed by atoms with Gasteiger partial charge < -0.3 is 15.4 Å². The SMILES string of the molecule is CS(=O)(=O)OC1CC(C(=O)OC(c2ccccc2)c2ccccc2)N2C(=O)[C@@H](N)[C@H]2S1. The van der Waals surface area contributed by atoms with Crippen molar-refractivity contribution in [3.8, 4) is 0 Å². The molecule has 2 saturated heterocycles. The highest BCUT2D eigenvalue weighted by molar-refractivity contribution is 8.01. The monoisotopic (exact) mass is 462 g/mol. The second kappa shape index (κ2) is 8.62. The zero-order valence-electron chi connectivity index (χ0n) is 16.7. The van der Waals surface area contributed by atoms with Gasteiger partial charge in [-0.1, -0.05) is 60.7 Å². The lowest BCUT2D eigenvalue weighted by Crippen LogP contribution is -2.73. The Hall–Kier alpha value is -2.40. The molecule has 1 amide bonds. The van der Waals surface area contributed by atoms with Crippen LogP contribution in [0.25, 0.3) is 0 Å². The number of carbonyl (C=O) groups is 2. The molecular formula is C21H22N2O6S2. The van der Waals surface area contributed by atoms with E-state index >= 15 is 0 Å². The Labute approximate surface area is 184 Å². The van der Waals surface area contributed by atoms with Crippen LogP contribution in [-0.2, 0) is 28.6 Å². The van der Waals surface area contributed by atoms with E-state index in [0.717, 1.165) is 29.1 Å². The summed E-state index contributed by atoms with van der Waals surface area (Å²) >= 11 is 1.12. The summed E-state index contributed by atoms with van der Waals surface area (Å²) in [5, 5.41) is -0.544. The van der Waals surface area contributed by atoms with Crippen LogP contribution in [0.5, 0.6) is 0 Å². The van der Waals surface area contributed by atoms with Gasteiger partial charge in [-0.15, -0.1) is 11.8 Å². The van der Waals surface area contributed by atoms with Gasteiger partial charge in [0.25, 0.3) is 10.1 Å². The highest BCUT2D eigenvalue weighted by Crippen LogP contribution is 2.43. The Morgan fingerprint density at radius 3 is 2.16 bits per heavy atom. The molecule has 2 fully saturated rings. The van der Waals surface area contributed by atoms with Crippen molar-refractivity contribution in [3.05, 3.63) is 71.8 Å². The van der Waals surface area contributed by atoms with Gasteiger partial charge in [0.1, 0.15) is 22.9 Å². The smallest absolute Gasteiger partial charge is 0.329 e. The van der Waals surface area contributed by atoms with Gasteiger partial charge in [-0.25, -0.2) is 4.79 Å². The van der Waals surface area contributed by atoms with Gasteiger partial charge >= 0.3 is 5.97 Å². The molecule has 10 heteroatoms. The zero-order valence-corrected chi connectivity index (χ0v) is 18.3. The summed E-state index contributed by atoms with van der Waals surface area (Å²) in [5.41, 5.74) is 6.60. The molecule has 31 heavy (non-hydrogen) atoms. The predicted octanol–water partition coefficient (Wildman–Crippen LogP) is 1.62. The van der Waals surface area contributed by atoms with Crippen LogP contribution in [0.15, 0.2) is 60.7 Å². The summed E-state index contributed by atoms with van der Waals surface area (Å²) < 4.78 is 34.2. The molecule has 0 spiro atoms. The van der Waals surface area contributed by atoms with Gasteiger partial charge in [-0.3, -0.25) is 8.98 Å². The van der Waals surface area contributed by atoms with Crippen molar-refractivity contribution in [2.75, 3.05) is 6.26 Å². The van der Waals surface area contributed by atoms with Gasteiger partial charge in [0.05, 0.1) is 6.26 Å². The zero-order chi connectivity index (χ0) is 22.2. The molecule has 0 aliphatic carbocycles. The van der Waals surface area contributed by atoms with E-state index in [1.165, 1.54) is 4.90 Å². The molecule has 0 bridgehead atoms. The fourth-order valence-electron chi connectivity index (χ4n) is 3.74. The number of ether oxygens (including phenoxy) is 1. The number of amides is 1. The summed E-state index contributed by atoms with van der Waals surface area (Å²) in [6.07, 6.45) is 0.254. The average molecular weight is 463 g/mol. The number of rotatable bonds is 6. The topological polar surface area (TPSA) is 116 Å². The van der Waals surface area contributed by atoms with Gasteiger partial charge in [-0.05, 0) is 11.1 Å². The molecule has 4 rings (SSSR count). The molecule has 2 N–H and O–H groups in total. The third kappa shape index (κ3) is 4.62. The number of hydrogen-bond acceptors (Lipinski definition) is 8. The van der Waals surface area contributed by atoms with Crippen LogP contribution in [0.4, 0.5) is 0 Å². The normalized spacial score (nSPS) is 25.6. The molecule has 4 atom stereocenters. The first kappa shape index (κ1) is 21.8. The maximum absolute atomic E-state index is 13.2. The lowest BCUT2D eigenvalue weighted by molar-refractivity contribution is -0.167. The van der Waals surface area contributed by atoms with Crippen molar-refractivity contribution < 1.29 is 26.9 Å². The first-order valence-electron chi connectivity index (χ1n) is 9.66. The average Bonchev–Trinajstić information content (AvgIpc) is 2.76.